The number of rotatable bonds is 4. The number of phenolic OH excluding ortho intramolecular Hbond substituents is 3. The van der Waals surface area contributed by atoms with Gasteiger partial charge >= 0.3 is 0 Å². The molecular weight excluding hydrogens is 432 g/mol. The van der Waals surface area contributed by atoms with Gasteiger partial charge in [0.05, 0.1) is 19.1 Å². The van der Waals surface area contributed by atoms with Crippen LogP contribution in [0.1, 0.15) is 0 Å². The van der Waals surface area contributed by atoms with Crippen LogP contribution in [0.5, 0.6) is 28.7 Å². The first-order valence-electron chi connectivity index (χ1n) is 9.37. The molecule has 1 fully saturated rings. The van der Waals surface area contributed by atoms with E-state index >= 15 is 0 Å². The number of ether oxygens (including phenoxy) is 3. The molecule has 4 rings (SSSR count). The molecule has 0 radical (unpaired) electrons. The molecule has 1 aromatic heterocycles. The number of methoxy groups -OCH3 is 1. The van der Waals surface area contributed by atoms with Crippen LogP contribution in [0.2, 0.25) is 0 Å². The lowest BCUT2D eigenvalue weighted by Crippen LogP contribution is -2.60. The van der Waals surface area contributed by atoms with E-state index in [1.807, 2.05) is 0 Å². The van der Waals surface area contributed by atoms with Gasteiger partial charge in [-0.2, -0.15) is 0 Å². The van der Waals surface area contributed by atoms with Gasteiger partial charge in [-0.3, -0.25) is 4.79 Å². The van der Waals surface area contributed by atoms with E-state index < -0.39 is 65.7 Å². The van der Waals surface area contributed by atoms with E-state index in [4.69, 9.17) is 18.6 Å². The fourth-order valence-electron chi connectivity index (χ4n) is 3.52. The molecule has 2 aromatic carbocycles. The Bertz CT molecular complexity index is 1230. The molecule has 1 aliphatic rings. The van der Waals surface area contributed by atoms with Gasteiger partial charge in [-0.1, -0.05) is 0 Å². The standard InChI is InChI=1S/C20H20O12/c1-29-11-4-10-13(14(24)6-2-7(22)8(23)3-9(6)30-10)16(26)19(11)32-20-18(28)17(27)15(25)12(5-21)31-20/h2-4,12,15,17-18,20-23,25-28H,5H2,1H3/t12-,15-,17-,18-,20+/m1/s1. The lowest BCUT2D eigenvalue weighted by Gasteiger charge is -2.39. The Balaban J connectivity index is 1.87. The van der Waals surface area contributed by atoms with Crippen LogP contribution in [0.15, 0.2) is 27.4 Å². The molecule has 1 saturated heterocycles. The molecule has 0 unspecified atom stereocenters. The Kier molecular flexibility index (Phi) is 5.48. The van der Waals surface area contributed by atoms with Crippen LogP contribution >= 0.6 is 0 Å². The van der Waals surface area contributed by atoms with Crippen molar-refractivity contribution in [1.82, 2.24) is 0 Å². The molecule has 1 aliphatic heterocycles. The molecule has 0 aliphatic carbocycles. The Labute approximate surface area is 178 Å². The zero-order valence-corrected chi connectivity index (χ0v) is 16.5. The van der Waals surface area contributed by atoms with Crippen LogP contribution in [0.25, 0.3) is 21.9 Å². The Morgan fingerprint density at radius 3 is 2.31 bits per heavy atom. The molecule has 0 spiro atoms. The number of aromatic hydroxyl groups is 3. The predicted molar refractivity (Wildman–Crippen MR) is 106 cm³/mol. The van der Waals surface area contributed by atoms with E-state index in [-0.39, 0.29) is 27.7 Å². The normalized spacial score (nSPS) is 25.8. The number of hydrogen-bond donors (Lipinski definition) is 7. The fourth-order valence-corrected chi connectivity index (χ4v) is 3.52. The molecule has 5 atom stereocenters. The maximum atomic E-state index is 13.0. The van der Waals surface area contributed by atoms with Crippen molar-refractivity contribution in [2.45, 2.75) is 30.7 Å². The Morgan fingerprint density at radius 2 is 1.66 bits per heavy atom. The van der Waals surface area contributed by atoms with Gasteiger partial charge in [-0.05, 0) is 6.07 Å². The van der Waals surface area contributed by atoms with Crippen molar-refractivity contribution in [2.75, 3.05) is 13.7 Å². The van der Waals surface area contributed by atoms with Crippen molar-refractivity contribution in [3.8, 4) is 28.7 Å². The topological polar surface area (TPSA) is 200 Å². The first-order chi connectivity index (χ1) is 15.2. The molecule has 172 valence electrons. The highest BCUT2D eigenvalue weighted by atomic mass is 16.7. The summed E-state index contributed by atoms with van der Waals surface area (Å²) in [6.45, 7) is -0.697. The highest BCUT2D eigenvalue weighted by Crippen LogP contribution is 2.44. The van der Waals surface area contributed by atoms with Crippen molar-refractivity contribution in [3.05, 3.63) is 28.4 Å². The molecule has 12 heteroatoms. The van der Waals surface area contributed by atoms with Gasteiger partial charge in [0.15, 0.2) is 23.0 Å². The van der Waals surface area contributed by atoms with Crippen LogP contribution in [0.4, 0.5) is 0 Å². The number of fused-ring (bicyclic) bond motifs is 2. The summed E-state index contributed by atoms with van der Waals surface area (Å²) in [5, 5.41) is 69.1. The molecule has 0 bridgehead atoms. The first kappa shape index (κ1) is 21.9. The first-order valence-corrected chi connectivity index (χ1v) is 9.37. The van der Waals surface area contributed by atoms with Crippen LogP contribution in [0, 0.1) is 0 Å². The maximum Gasteiger partial charge on any atom is 0.229 e. The number of hydrogen-bond acceptors (Lipinski definition) is 12. The van der Waals surface area contributed by atoms with E-state index in [1.54, 1.807) is 0 Å². The van der Waals surface area contributed by atoms with Gasteiger partial charge in [0, 0.05) is 12.1 Å². The van der Waals surface area contributed by atoms with E-state index in [0.29, 0.717) is 0 Å². The second-order valence-electron chi connectivity index (χ2n) is 7.21. The predicted octanol–water partition coefficient (Wildman–Crippen LogP) is -0.750. The summed E-state index contributed by atoms with van der Waals surface area (Å²) in [6, 6.07) is 3.21. The quantitative estimate of drug-likeness (QED) is 0.193. The van der Waals surface area contributed by atoms with Crippen molar-refractivity contribution in [3.63, 3.8) is 0 Å². The van der Waals surface area contributed by atoms with E-state index in [9.17, 15) is 40.5 Å². The average molecular weight is 452 g/mol. The Hall–Kier alpha value is -3.29. The third-order valence-corrected chi connectivity index (χ3v) is 5.25. The van der Waals surface area contributed by atoms with Crippen LogP contribution in [-0.4, -0.2) is 80.2 Å². The number of benzene rings is 2. The Morgan fingerprint density at radius 1 is 0.969 bits per heavy atom. The number of aliphatic hydroxyl groups excluding tert-OH is 4. The minimum absolute atomic E-state index is 0.0677. The number of phenols is 3. The average Bonchev–Trinajstić information content (AvgIpc) is 2.76. The molecule has 7 N–H and O–H groups in total. The van der Waals surface area contributed by atoms with Gasteiger partial charge < -0.3 is 54.4 Å². The largest absolute Gasteiger partial charge is 0.504 e. The summed E-state index contributed by atoms with van der Waals surface area (Å²) in [4.78, 5) is 13.0. The van der Waals surface area contributed by atoms with E-state index in [1.165, 1.54) is 13.2 Å². The number of aliphatic hydroxyl groups is 4. The molecule has 2 heterocycles. The monoisotopic (exact) mass is 452 g/mol. The highest BCUT2D eigenvalue weighted by molar-refractivity contribution is 5.96. The van der Waals surface area contributed by atoms with Gasteiger partial charge in [0.25, 0.3) is 0 Å². The van der Waals surface area contributed by atoms with Gasteiger partial charge in [0.1, 0.15) is 41.0 Å². The van der Waals surface area contributed by atoms with Crippen molar-refractivity contribution in [1.29, 1.82) is 0 Å². The summed E-state index contributed by atoms with van der Waals surface area (Å²) in [5.74, 6) is -2.43. The second-order valence-corrected chi connectivity index (χ2v) is 7.21. The lowest BCUT2D eigenvalue weighted by atomic mass is 9.99. The molecule has 3 aromatic rings. The smallest absolute Gasteiger partial charge is 0.229 e. The molecule has 0 amide bonds. The minimum Gasteiger partial charge on any atom is -0.504 e. The van der Waals surface area contributed by atoms with Gasteiger partial charge in [-0.25, -0.2) is 0 Å². The SMILES string of the molecule is COc1cc2oc3cc(O)c(O)cc3c(=O)c2c(O)c1O[C@@H]1O[C@H](CO)[C@@H](O)[C@@H](O)[C@H]1O. The lowest BCUT2D eigenvalue weighted by molar-refractivity contribution is -0.277. The van der Waals surface area contributed by atoms with Crippen molar-refractivity contribution >= 4 is 21.9 Å². The third kappa shape index (κ3) is 3.34. The van der Waals surface area contributed by atoms with Crippen LogP contribution in [-0.2, 0) is 4.74 Å². The van der Waals surface area contributed by atoms with Crippen LogP contribution < -0.4 is 14.9 Å². The third-order valence-electron chi connectivity index (χ3n) is 5.25. The molecular formula is C20H20O12. The van der Waals surface area contributed by atoms with E-state index in [0.717, 1.165) is 12.1 Å². The molecule has 12 nitrogen and oxygen atoms in total. The van der Waals surface area contributed by atoms with Gasteiger partial charge in [-0.15, -0.1) is 0 Å². The molecule has 32 heavy (non-hydrogen) atoms. The molecule has 0 saturated carbocycles. The van der Waals surface area contributed by atoms with Crippen molar-refractivity contribution in [2.24, 2.45) is 0 Å². The van der Waals surface area contributed by atoms with Crippen LogP contribution in [0.3, 0.4) is 0 Å². The summed E-state index contributed by atoms with van der Waals surface area (Å²) in [7, 11) is 1.23. The minimum atomic E-state index is -1.78. The zero-order valence-electron chi connectivity index (χ0n) is 16.5. The summed E-state index contributed by atoms with van der Waals surface area (Å²) in [5.41, 5.74) is -0.972. The summed E-state index contributed by atoms with van der Waals surface area (Å²) < 4.78 is 21.5. The maximum absolute atomic E-state index is 13.0. The van der Waals surface area contributed by atoms with Crippen molar-refractivity contribution < 1.29 is 54.4 Å². The van der Waals surface area contributed by atoms with E-state index in [2.05, 4.69) is 0 Å². The highest BCUT2D eigenvalue weighted by Gasteiger charge is 2.45. The van der Waals surface area contributed by atoms with Gasteiger partial charge in [0.2, 0.25) is 17.5 Å². The second kappa shape index (κ2) is 8.00. The summed E-state index contributed by atoms with van der Waals surface area (Å²) in [6.07, 6.45) is -8.05. The zero-order chi connectivity index (χ0) is 23.3. The fraction of sp³-hybridized carbons (Fsp3) is 0.350. The summed E-state index contributed by atoms with van der Waals surface area (Å²) >= 11 is 0.